The van der Waals surface area contributed by atoms with Crippen molar-refractivity contribution >= 4 is 16.4 Å². The maximum atomic E-state index is 5.30. The molecule has 0 spiro atoms. The van der Waals surface area contributed by atoms with Crippen molar-refractivity contribution in [1.29, 1.82) is 0 Å². The molecule has 0 unspecified atom stereocenters. The average Bonchev–Trinajstić information content (AvgIpc) is 3.64. The predicted molar refractivity (Wildman–Crippen MR) is 180 cm³/mol. The molecule has 206 valence electrons. The fourth-order valence-electron chi connectivity index (χ4n) is 6.76. The maximum absolute atomic E-state index is 5.30. The van der Waals surface area contributed by atoms with Crippen LogP contribution in [0.15, 0.2) is 152 Å². The van der Waals surface area contributed by atoms with Gasteiger partial charge in [-0.05, 0) is 57.5 Å². The zero-order valence-corrected chi connectivity index (χ0v) is 24.0. The van der Waals surface area contributed by atoms with E-state index in [9.17, 15) is 0 Å². The lowest BCUT2D eigenvalue weighted by Gasteiger charge is -2.13. The van der Waals surface area contributed by atoms with Crippen molar-refractivity contribution in [2.24, 2.45) is 0 Å². The van der Waals surface area contributed by atoms with Gasteiger partial charge in [-0.3, -0.25) is 4.40 Å². The van der Waals surface area contributed by atoms with E-state index in [1.54, 1.807) is 0 Å². The summed E-state index contributed by atoms with van der Waals surface area (Å²) in [6.45, 7) is 0. The normalized spacial score (nSPS) is 12.0. The summed E-state index contributed by atoms with van der Waals surface area (Å²) < 4.78 is 2.25. The number of nitrogens with zero attached hydrogens (tertiary/aromatic N) is 3. The van der Waals surface area contributed by atoms with Crippen LogP contribution in [0.2, 0.25) is 0 Å². The highest BCUT2D eigenvalue weighted by molar-refractivity contribution is 6.06. The standard InChI is InChI=1S/C41H27N3/c1-3-12-27(13-4-1)38-35-20-9-10-21-36(35)41-43-39(28-14-5-2-6-15-28)42-40(44(38)41)33-18-11-17-29(24-33)30-22-23-32-25-31-16-7-8-19-34(31)37(32)26-30/h1-24,26H,25H2. The minimum absolute atomic E-state index is 0.718. The Bertz CT molecular complexity index is 2350. The molecular formula is C41H27N3. The van der Waals surface area contributed by atoms with Gasteiger partial charge in [0.05, 0.1) is 5.69 Å². The summed E-state index contributed by atoms with van der Waals surface area (Å²) >= 11 is 0. The molecule has 0 bridgehead atoms. The molecule has 1 aliphatic rings. The van der Waals surface area contributed by atoms with E-state index in [-0.39, 0.29) is 0 Å². The zero-order valence-electron chi connectivity index (χ0n) is 24.0. The van der Waals surface area contributed by atoms with Gasteiger partial charge in [0.25, 0.3) is 0 Å². The molecule has 0 amide bonds. The Morgan fingerprint density at radius 3 is 1.91 bits per heavy atom. The Morgan fingerprint density at radius 2 is 1.07 bits per heavy atom. The van der Waals surface area contributed by atoms with Crippen LogP contribution in [0.4, 0.5) is 0 Å². The number of hydrogen-bond donors (Lipinski definition) is 0. The third kappa shape index (κ3) is 3.90. The van der Waals surface area contributed by atoms with Gasteiger partial charge in [-0.15, -0.1) is 0 Å². The number of rotatable bonds is 4. The van der Waals surface area contributed by atoms with Gasteiger partial charge in [0, 0.05) is 21.9 Å². The van der Waals surface area contributed by atoms with Crippen molar-refractivity contribution in [1.82, 2.24) is 14.4 Å². The molecule has 0 aliphatic heterocycles. The second-order valence-electron chi connectivity index (χ2n) is 11.4. The first kappa shape index (κ1) is 24.8. The Balaban J connectivity index is 1.30. The number of benzene rings is 6. The molecule has 2 heterocycles. The topological polar surface area (TPSA) is 30.2 Å². The minimum Gasteiger partial charge on any atom is -0.277 e. The van der Waals surface area contributed by atoms with E-state index in [1.165, 1.54) is 33.4 Å². The lowest BCUT2D eigenvalue weighted by atomic mass is 9.97. The van der Waals surface area contributed by atoms with E-state index in [1.807, 2.05) is 18.2 Å². The van der Waals surface area contributed by atoms with E-state index < -0.39 is 0 Å². The molecular weight excluding hydrogens is 534 g/mol. The highest BCUT2D eigenvalue weighted by Crippen LogP contribution is 2.41. The van der Waals surface area contributed by atoms with E-state index in [2.05, 4.69) is 138 Å². The van der Waals surface area contributed by atoms with Crippen molar-refractivity contribution in [2.75, 3.05) is 0 Å². The Kier molecular flexibility index (Phi) is 5.57. The highest BCUT2D eigenvalue weighted by Gasteiger charge is 2.22. The fraction of sp³-hybridized carbons (Fsp3) is 0.0244. The monoisotopic (exact) mass is 561 g/mol. The van der Waals surface area contributed by atoms with E-state index in [0.29, 0.717) is 0 Å². The van der Waals surface area contributed by atoms with Crippen LogP contribution in [-0.2, 0) is 6.42 Å². The third-order valence-corrected chi connectivity index (χ3v) is 8.83. The smallest absolute Gasteiger partial charge is 0.163 e. The molecule has 0 N–H and O–H groups in total. The van der Waals surface area contributed by atoms with E-state index in [0.717, 1.165) is 56.9 Å². The Labute approximate surface area is 255 Å². The average molecular weight is 562 g/mol. The second kappa shape index (κ2) is 9.89. The number of hydrogen-bond acceptors (Lipinski definition) is 2. The van der Waals surface area contributed by atoms with Crippen molar-refractivity contribution in [3.05, 3.63) is 163 Å². The third-order valence-electron chi connectivity index (χ3n) is 8.83. The summed E-state index contributed by atoms with van der Waals surface area (Å²) in [4.78, 5) is 10.5. The summed E-state index contributed by atoms with van der Waals surface area (Å²) in [5.74, 6) is 1.59. The van der Waals surface area contributed by atoms with Gasteiger partial charge < -0.3 is 0 Å². The fourth-order valence-corrected chi connectivity index (χ4v) is 6.76. The van der Waals surface area contributed by atoms with Crippen LogP contribution in [0.1, 0.15) is 11.1 Å². The Morgan fingerprint density at radius 1 is 0.432 bits per heavy atom. The maximum Gasteiger partial charge on any atom is 0.163 e. The van der Waals surface area contributed by atoms with Gasteiger partial charge in [-0.1, -0.05) is 140 Å². The first-order valence-electron chi connectivity index (χ1n) is 15.1. The first-order chi connectivity index (χ1) is 21.8. The van der Waals surface area contributed by atoms with E-state index >= 15 is 0 Å². The van der Waals surface area contributed by atoms with Gasteiger partial charge in [-0.25, -0.2) is 9.97 Å². The molecule has 44 heavy (non-hydrogen) atoms. The van der Waals surface area contributed by atoms with Crippen LogP contribution in [0.5, 0.6) is 0 Å². The lowest BCUT2D eigenvalue weighted by Crippen LogP contribution is -2.03. The molecule has 9 rings (SSSR count). The summed E-state index contributed by atoms with van der Waals surface area (Å²) in [5, 5.41) is 2.27. The van der Waals surface area contributed by atoms with Gasteiger partial charge in [-0.2, -0.15) is 0 Å². The quantitative estimate of drug-likeness (QED) is 0.214. The SMILES string of the molecule is c1ccc(-c2nc(-c3cccc(-c4ccc5c(c4)-c4ccccc4C5)c3)n3c(-c4ccccc4)c4ccccc4c3n2)cc1. The van der Waals surface area contributed by atoms with Gasteiger partial charge in [0.2, 0.25) is 0 Å². The predicted octanol–water partition coefficient (Wildman–Crippen LogP) is 10.1. The number of aromatic nitrogens is 3. The highest BCUT2D eigenvalue weighted by atomic mass is 15.1. The van der Waals surface area contributed by atoms with Gasteiger partial charge in [0.15, 0.2) is 5.82 Å². The molecule has 8 aromatic rings. The molecule has 2 aromatic heterocycles. The Hall–Kier alpha value is -5.80. The largest absolute Gasteiger partial charge is 0.277 e. The van der Waals surface area contributed by atoms with Crippen LogP contribution < -0.4 is 0 Å². The molecule has 0 saturated carbocycles. The first-order valence-corrected chi connectivity index (χ1v) is 15.1. The van der Waals surface area contributed by atoms with Crippen molar-refractivity contribution in [3.63, 3.8) is 0 Å². The van der Waals surface area contributed by atoms with Crippen LogP contribution in [0.3, 0.4) is 0 Å². The summed E-state index contributed by atoms with van der Waals surface area (Å²) in [5.41, 5.74) is 13.0. The molecule has 3 nitrogen and oxygen atoms in total. The summed E-state index contributed by atoms with van der Waals surface area (Å²) in [6, 6.07) is 53.9. The van der Waals surface area contributed by atoms with Crippen molar-refractivity contribution in [2.45, 2.75) is 6.42 Å². The van der Waals surface area contributed by atoms with Crippen LogP contribution in [0.25, 0.3) is 72.7 Å². The summed E-state index contributed by atoms with van der Waals surface area (Å²) in [7, 11) is 0. The molecule has 0 saturated heterocycles. The van der Waals surface area contributed by atoms with E-state index in [4.69, 9.17) is 9.97 Å². The number of fused-ring (bicyclic) bond motifs is 6. The molecule has 0 fully saturated rings. The van der Waals surface area contributed by atoms with Crippen molar-refractivity contribution < 1.29 is 0 Å². The van der Waals surface area contributed by atoms with Gasteiger partial charge >= 0.3 is 0 Å². The minimum atomic E-state index is 0.718. The molecule has 0 atom stereocenters. The zero-order chi connectivity index (χ0) is 29.0. The van der Waals surface area contributed by atoms with Crippen LogP contribution in [-0.4, -0.2) is 14.4 Å². The van der Waals surface area contributed by atoms with Crippen LogP contribution in [0, 0.1) is 0 Å². The van der Waals surface area contributed by atoms with Crippen molar-refractivity contribution in [3.8, 4) is 56.3 Å². The lowest BCUT2D eigenvalue weighted by molar-refractivity contribution is 1.05. The van der Waals surface area contributed by atoms with Crippen LogP contribution >= 0.6 is 0 Å². The van der Waals surface area contributed by atoms with Gasteiger partial charge in [0.1, 0.15) is 11.5 Å². The molecule has 0 radical (unpaired) electrons. The molecule has 3 heteroatoms. The molecule has 1 aliphatic carbocycles. The summed E-state index contributed by atoms with van der Waals surface area (Å²) in [6.07, 6.45) is 0.996. The second-order valence-corrected chi connectivity index (χ2v) is 11.4. The molecule has 6 aromatic carbocycles.